The molecule has 0 amide bonds. The van der Waals surface area contributed by atoms with Crippen LogP contribution in [0, 0.1) is 0 Å². The van der Waals surface area contributed by atoms with Crippen LogP contribution in [-0.4, -0.2) is 15.0 Å². The molecule has 1 N–H and O–H groups in total. The molecule has 0 saturated carbocycles. The van der Waals surface area contributed by atoms with E-state index < -0.39 is 0 Å². The van der Waals surface area contributed by atoms with Crippen LogP contribution in [0.5, 0.6) is 0 Å². The molecule has 0 unspecified atom stereocenters. The number of nitrogens with zero attached hydrogens (tertiary/aromatic N) is 2. The number of hydrogen-bond acceptors (Lipinski definition) is 3. The lowest BCUT2D eigenvalue weighted by Gasteiger charge is -2.26. The molecule has 3 heterocycles. The minimum atomic E-state index is -0.122. The number of benzene rings is 2. The molecule has 2 aromatic heterocycles. The standard InChI is InChI=1S/C25H20ClN3OS/c26-19-11-9-18(10-12-19)21-13-14-22(30-21)24-23(20-8-4-5-15-27-20)28-25(31)29(24)16-17-6-2-1-3-7-17/h1-15,23-24H,16H2,(H,28,31)/t23-,24+/m0/s1. The van der Waals surface area contributed by atoms with E-state index in [-0.39, 0.29) is 12.1 Å². The predicted molar refractivity (Wildman–Crippen MR) is 127 cm³/mol. The van der Waals surface area contributed by atoms with Crippen molar-refractivity contribution < 1.29 is 4.42 Å². The van der Waals surface area contributed by atoms with E-state index in [4.69, 9.17) is 28.2 Å². The molecule has 1 aliphatic rings. The molecule has 31 heavy (non-hydrogen) atoms. The zero-order chi connectivity index (χ0) is 21.2. The van der Waals surface area contributed by atoms with Crippen LogP contribution in [0.1, 0.15) is 29.1 Å². The SMILES string of the molecule is S=C1N[C@@H](c2ccccn2)[C@@H](c2ccc(-c3ccc(Cl)cc3)o2)N1Cc1ccccc1. The van der Waals surface area contributed by atoms with Crippen LogP contribution in [-0.2, 0) is 6.54 Å². The molecule has 6 heteroatoms. The largest absolute Gasteiger partial charge is 0.459 e. The van der Waals surface area contributed by atoms with Crippen LogP contribution >= 0.6 is 23.8 Å². The molecule has 4 nitrogen and oxygen atoms in total. The number of hydrogen-bond donors (Lipinski definition) is 1. The van der Waals surface area contributed by atoms with Crippen molar-refractivity contribution in [2.75, 3.05) is 0 Å². The Hall–Kier alpha value is -3.15. The summed E-state index contributed by atoms with van der Waals surface area (Å²) in [6.07, 6.45) is 1.80. The molecule has 4 aromatic rings. The molecule has 5 rings (SSSR count). The molecule has 2 atom stereocenters. The summed E-state index contributed by atoms with van der Waals surface area (Å²) in [5.74, 6) is 1.63. The van der Waals surface area contributed by atoms with Gasteiger partial charge in [-0.15, -0.1) is 0 Å². The zero-order valence-electron chi connectivity index (χ0n) is 16.6. The monoisotopic (exact) mass is 445 g/mol. The summed E-state index contributed by atoms with van der Waals surface area (Å²) < 4.78 is 6.35. The predicted octanol–water partition coefficient (Wildman–Crippen LogP) is 6.17. The lowest BCUT2D eigenvalue weighted by molar-refractivity contribution is 0.269. The molecule has 0 spiro atoms. The van der Waals surface area contributed by atoms with Crippen molar-refractivity contribution in [2.24, 2.45) is 0 Å². The average molecular weight is 446 g/mol. The second-order valence-electron chi connectivity index (χ2n) is 7.45. The lowest BCUT2D eigenvalue weighted by Crippen LogP contribution is -2.29. The van der Waals surface area contributed by atoms with Crippen molar-refractivity contribution in [3.05, 3.63) is 113 Å². The van der Waals surface area contributed by atoms with Crippen LogP contribution < -0.4 is 5.32 Å². The number of aromatic nitrogens is 1. The molecular formula is C25H20ClN3OS. The number of halogens is 1. The molecule has 0 bridgehead atoms. The summed E-state index contributed by atoms with van der Waals surface area (Å²) in [5, 5.41) is 4.85. The van der Waals surface area contributed by atoms with E-state index >= 15 is 0 Å². The van der Waals surface area contributed by atoms with Crippen LogP contribution in [0.25, 0.3) is 11.3 Å². The highest BCUT2D eigenvalue weighted by molar-refractivity contribution is 7.80. The van der Waals surface area contributed by atoms with Gasteiger partial charge in [0.2, 0.25) is 0 Å². The van der Waals surface area contributed by atoms with Crippen LogP contribution in [0.3, 0.4) is 0 Å². The summed E-state index contributed by atoms with van der Waals surface area (Å²) in [5.41, 5.74) is 3.09. The first-order valence-corrected chi connectivity index (χ1v) is 10.9. The molecule has 1 fully saturated rings. The lowest BCUT2D eigenvalue weighted by atomic mass is 10.0. The fourth-order valence-corrected chi connectivity index (χ4v) is 4.38. The Labute approximate surface area is 191 Å². The maximum Gasteiger partial charge on any atom is 0.170 e. The third-order valence-corrected chi connectivity index (χ3v) is 6.04. The van der Waals surface area contributed by atoms with Gasteiger partial charge in [0.25, 0.3) is 0 Å². The van der Waals surface area contributed by atoms with Crippen LogP contribution in [0.4, 0.5) is 0 Å². The molecule has 1 aliphatic heterocycles. The molecular weight excluding hydrogens is 426 g/mol. The van der Waals surface area contributed by atoms with Crippen molar-refractivity contribution in [3.63, 3.8) is 0 Å². The maximum atomic E-state index is 6.35. The van der Waals surface area contributed by atoms with Gasteiger partial charge in [-0.3, -0.25) is 4.98 Å². The summed E-state index contributed by atoms with van der Waals surface area (Å²) >= 11 is 11.8. The van der Waals surface area contributed by atoms with Gasteiger partial charge in [-0.05, 0) is 66.3 Å². The van der Waals surface area contributed by atoms with Gasteiger partial charge in [0.05, 0.1) is 11.7 Å². The van der Waals surface area contributed by atoms with Gasteiger partial charge >= 0.3 is 0 Å². The Balaban J connectivity index is 1.53. The minimum Gasteiger partial charge on any atom is -0.459 e. The smallest absolute Gasteiger partial charge is 0.170 e. The minimum absolute atomic E-state index is 0.110. The van der Waals surface area contributed by atoms with Gasteiger partial charge in [-0.1, -0.05) is 48.0 Å². The van der Waals surface area contributed by atoms with E-state index in [0.29, 0.717) is 16.7 Å². The van der Waals surface area contributed by atoms with E-state index in [9.17, 15) is 0 Å². The topological polar surface area (TPSA) is 41.3 Å². The maximum absolute atomic E-state index is 6.35. The first-order valence-electron chi connectivity index (χ1n) is 10.1. The fraction of sp³-hybridized carbons (Fsp3) is 0.120. The van der Waals surface area contributed by atoms with Gasteiger partial charge in [-0.2, -0.15) is 0 Å². The van der Waals surface area contributed by atoms with E-state index in [2.05, 4.69) is 27.3 Å². The Morgan fingerprint density at radius 3 is 2.45 bits per heavy atom. The van der Waals surface area contributed by atoms with Crippen molar-refractivity contribution in [3.8, 4) is 11.3 Å². The zero-order valence-corrected chi connectivity index (χ0v) is 18.2. The van der Waals surface area contributed by atoms with Gasteiger partial charge in [-0.25, -0.2) is 0 Å². The van der Waals surface area contributed by atoms with Crippen molar-refractivity contribution in [1.29, 1.82) is 0 Å². The second kappa shape index (κ2) is 8.53. The number of thiocarbonyl (C=S) groups is 1. The van der Waals surface area contributed by atoms with E-state index in [1.54, 1.807) is 6.20 Å². The van der Waals surface area contributed by atoms with Crippen LogP contribution in [0.15, 0.2) is 95.5 Å². The third-order valence-electron chi connectivity index (χ3n) is 5.44. The summed E-state index contributed by atoms with van der Waals surface area (Å²) in [6, 6.07) is 27.7. The number of furan rings is 1. The molecule has 0 radical (unpaired) electrons. The first-order chi connectivity index (χ1) is 15.2. The van der Waals surface area contributed by atoms with Gasteiger partial charge < -0.3 is 14.6 Å². The average Bonchev–Trinajstić information content (AvgIpc) is 3.41. The number of nitrogens with one attached hydrogen (secondary N) is 1. The molecule has 1 saturated heterocycles. The Morgan fingerprint density at radius 2 is 1.71 bits per heavy atom. The third kappa shape index (κ3) is 4.07. The van der Waals surface area contributed by atoms with Gasteiger partial charge in [0, 0.05) is 23.3 Å². The highest BCUT2D eigenvalue weighted by Gasteiger charge is 2.41. The highest BCUT2D eigenvalue weighted by Crippen LogP contribution is 2.41. The first kappa shape index (κ1) is 19.8. The Morgan fingerprint density at radius 1 is 0.935 bits per heavy atom. The fourth-order valence-electron chi connectivity index (χ4n) is 3.95. The Kier molecular flexibility index (Phi) is 5.45. The van der Waals surface area contributed by atoms with Gasteiger partial charge in [0.1, 0.15) is 17.6 Å². The number of rotatable bonds is 5. The Bertz CT molecular complexity index is 1180. The van der Waals surface area contributed by atoms with E-state index in [1.165, 1.54) is 5.56 Å². The van der Waals surface area contributed by atoms with E-state index in [1.807, 2.05) is 72.8 Å². The van der Waals surface area contributed by atoms with E-state index in [0.717, 1.165) is 22.8 Å². The second-order valence-corrected chi connectivity index (χ2v) is 8.27. The van der Waals surface area contributed by atoms with Crippen molar-refractivity contribution in [1.82, 2.24) is 15.2 Å². The molecule has 2 aromatic carbocycles. The molecule has 154 valence electrons. The van der Waals surface area contributed by atoms with Gasteiger partial charge in [0.15, 0.2) is 5.11 Å². The van der Waals surface area contributed by atoms with Crippen molar-refractivity contribution in [2.45, 2.75) is 18.6 Å². The summed E-state index contributed by atoms with van der Waals surface area (Å²) in [4.78, 5) is 6.76. The summed E-state index contributed by atoms with van der Waals surface area (Å²) in [6.45, 7) is 0.678. The van der Waals surface area contributed by atoms with Crippen LogP contribution in [0.2, 0.25) is 5.02 Å². The van der Waals surface area contributed by atoms with Crippen molar-refractivity contribution >= 4 is 28.9 Å². The molecule has 0 aliphatic carbocycles. The normalized spacial score (nSPS) is 18.2. The number of pyridine rings is 1. The quantitative estimate of drug-likeness (QED) is 0.372. The summed E-state index contributed by atoms with van der Waals surface area (Å²) in [7, 11) is 0. The highest BCUT2D eigenvalue weighted by atomic mass is 35.5.